The van der Waals surface area contributed by atoms with Crippen molar-refractivity contribution in [3.8, 4) is 0 Å². The Kier molecular flexibility index (Phi) is 5.35. The van der Waals surface area contributed by atoms with Crippen LogP contribution in [0.2, 0.25) is 0 Å². The SMILES string of the molecule is CCCCC(=O)N1CCC2(CCC(N3CC(n4cccn4)C3)CC2)CC1. The van der Waals surface area contributed by atoms with Crippen molar-refractivity contribution in [3.63, 3.8) is 0 Å². The van der Waals surface area contributed by atoms with Crippen LogP contribution in [0.1, 0.15) is 70.8 Å². The second-order valence-electron chi connectivity index (χ2n) is 8.81. The second-order valence-corrected chi connectivity index (χ2v) is 8.81. The maximum Gasteiger partial charge on any atom is 0.222 e. The minimum absolute atomic E-state index is 0.389. The van der Waals surface area contributed by atoms with Crippen molar-refractivity contribution in [2.24, 2.45) is 5.41 Å². The molecule has 2 saturated heterocycles. The monoisotopic (exact) mass is 358 g/mol. The molecule has 5 nitrogen and oxygen atoms in total. The molecule has 2 aliphatic heterocycles. The Morgan fingerprint density at radius 1 is 1.12 bits per heavy atom. The van der Waals surface area contributed by atoms with Gasteiger partial charge in [-0.05, 0) is 56.4 Å². The van der Waals surface area contributed by atoms with Gasteiger partial charge in [0.25, 0.3) is 0 Å². The summed E-state index contributed by atoms with van der Waals surface area (Å²) in [5.41, 5.74) is 0.532. The van der Waals surface area contributed by atoms with E-state index >= 15 is 0 Å². The lowest BCUT2D eigenvalue weighted by Gasteiger charge is -2.51. The van der Waals surface area contributed by atoms with Crippen molar-refractivity contribution in [1.82, 2.24) is 19.6 Å². The van der Waals surface area contributed by atoms with Gasteiger partial charge >= 0.3 is 0 Å². The van der Waals surface area contributed by atoms with Gasteiger partial charge in [-0.3, -0.25) is 14.4 Å². The number of amides is 1. The van der Waals surface area contributed by atoms with E-state index in [1.54, 1.807) is 0 Å². The third-order valence-corrected chi connectivity index (χ3v) is 7.24. The average molecular weight is 359 g/mol. The molecule has 0 N–H and O–H groups in total. The third-order valence-electron chi connectivity index (χ3n) is 7.24. The van der Waals surface area contributed by atoms with Crippen LogP contribution >= 0.6 is 0 Å². The van der Waals surface area contributed by atoms with E-state index in [-0.39, 0.29) is 0 Å². The van der Waals surface area contributed by atoms with E-state index < -0.39 is 0 Å². The summed E-state index contributed by atoms with van der Waals surface area (Å²) in [5, 5.41) is 4.38. The van der Waals surface area contributed by atoms with Crippen LogP contribution in [-0.4, -0.2) is 57.7 Å². The van der Waals surface area contributed by atoms with Crippen LogP contribution in [0.4, 0.5) is 0 Å². The predicted octanol–water partition coefficient (Wildman–Crippen LogP) is 3.48. The lowest BCUT2D eigenvalue weighted by molar-refractivity contribution is -0.134. The van der Waals surface area contributed by atoms with Gasteiger partial charge in [0.1, 0.15) is 0 Å². The van der Waals surface area contributed by atoms with Crippen LogP contribution < -0.4 is 0 Å². The molecule has 3 fully saturated rings. The number of likely N-dealkylation sites (tertiary alicyclic amines) is 2. The van der Waals surface area contributed by atoms with Crippen molar-refractivity contribution in [1.29, 1.82) is 0 Å². The molecule has 1 aromatic rings. The Morgan fingerprint density at radius 2 is 1.85 bits per heavy atom. The number of nitrogens with zero attached hydrogens (tertiary/aromatic N) is 4. The molecule has 144 valence electrons. The Balaban J connectivity index is 1.20. The van der Waals surface area contributed by atoms with Gasteiger partial charge in [-0.25, -0.2) is 0 Å². The summed E-state index contributed by atoms with van der Waals surface area (Å²) in [6.07, 6.45) is 14.7. The van der Waals surface area contributed by atoms with Crippen molar-refractivity contribution >= 4 is 5.91 Å². The predicted molar refractivity (Wildman–Crippen MR) is 103 cm³/mol. The van der Waals surface area contributed by atoms with Gasteiger partial charge in [-0.15, -0.1) is 0 Å². The van der Waals surface area contributed by atoms with Crippen LogP contribution in [0.5, 0.6) is 0 Å². The van der Waals surface area contributed by atoms with Crippen molar-refractivity contribution in [3.05, 3.63) is 18.5 Å². The molecule has 4 rings (SSSR count). The first-order valence-corrected chi connectivity index (χ1v) is 10.7. The molecule has 1 saturated carbocycles. The van der Waals surface area contributed by atoms with Gasteiger partial charge < -0.3 is 4.90 Å². The number of hydrogen-bond acceptors (Lipinski definition) is 3. The van der Waals surface area contributed by atoms with E-state index in [1.165, 1.54) is 51.6 Å². The minimum Gasteiger partial charge on any atom is -0.343 e. The summed E-state index contributed by atoms with van der Waals surface area (Å²) in [5.74, 6) is 0.389. The fraction of sp³-hybridized carbons (Fsp3) is 0.810. The van der Waals surface area contributed by atoms with Crippen LogP contribution in [0, 0.1) is 5.41 Å². The summed E-state index contributed by atoms with van der Waals surface area (Å²) in [4.78, 5) is 17.1. The van der Waals surface area contributed by atoms with Crippen LogP contribution in [0.3, 0.4) is 0 Å². The first-order chi connectivity index (χ1) is 12.7. The van der Waals surface area contributed by atoms with E-state index in [1.807, 2.05) is 12.3 Å². The van der Waals surface area contributed by atoms with Gasteiger partial charge in [-0.2, -0.15) is 5.10 Å². The minimum atomic E-state index is 0.389. The fourth-order valence-corrected chi connectivity index (χ4v) is 5.25. The quantitative estimate of drug-likeness (QED) is 0.809. The molecule has 0 aromatic carbocycles. The molecule has 1 amide bonds. The number of aromatic nitrogens is 2. The van der Waals surface area contributed by atoms with Crippen LogP contribution in [0.25, 0.3) is 0 Å². The summed E-state index contributed by atoms with van der Waals surface area (Å²) in [6, 6.07) is 3.38. The highest BCUT2D eigenvalue weighted by atomic mass is 16.2. The molecule has 0 unspecified atom stereocenters. The first kappa shape index (κ1) is 18.0. The highest BCUT2D eigenvalue weighted by Crippen LogP contribution is 2.46. The molecule has 1 spiro atoms. The summed E-state index contributed by atoms with van der Waals surface area (Å²) in [6.45, 7) is 6.49. The largest absolute Gasteiger partial charge is 0.343 e. The summed E-state index contributed by atoms with van der Waals surface area (Å²) < 4.78 is 2.12. The van der Waals surface area contributed by atoms with Gasteiger partial charge in [0.2, 0.25) is 5.91 Å². The number of carbonyl (C=O) groups is 1. The lowest BCUT2D eigenvalue weighted by atomic mass is 9.66. The van der Waals surface area contributed by atoms with Gasteiger partial charge in [0, 0.05) is 51.0 Å². The Morgan fingerprint density at radius 3 is 2.46 bits per heavy atom. The molecular weight excluding hydrogens is 324 g/mol. The molecule has 5 heteroatoms. The molecule has 0 bridgehead atoms. The zero-order valence-electron chi connectivity index (χ0n) is 16.3. The maximum atomic E-state index is 12.3. The van der Waals surface area contributed by atoms with E-state index in [2.05, 4.69) is 32.7 Å². The average Bonchev–Trinajstić information content (AvgIpc) is 3.15. The Hall–Kier alpha value is -1.36. The fourth-order valence-electron chi connectivity index (χ4n) is 5.25. The topological polar surface area (TPSA) is 41.4 Å². The maximum absolute atomic E-state index is 12.3. The van der Waals surface area contributed by atoms with Gasteiger partial charge in [0.15, 0.2) is 0 Å². The van der Waals surface area contributed by atoms with E-state index in [0.717, 1.165) is 38.4 Å². The molecule has 26 heavy (non-hydrogen) atoms. The van der Waals surface area contributed by atoms with Gasteiger partial charge in [-0.1, -0.05) is 13.3 Å². The molecule has 0 radical (unpaired) electrons. The normalized spacial score (nSPS) is 24.7. The standard InChI is InChI=1S/C21H34N4O/c1-2-3-5-20(26)23-14-10-21(11-15-23)8-6-18(7-9-21)24-16-19(17-24)25-13-4-12-22-25/h4,12-13,18-19H,2-3,5-11,14-17H2,1H3. The number of rotatable bonds is 5. The van der Waals surface area contributed by atoms with Gasteiger partial charge in [0.05, 0.1) is 6.04 Å². The third kappa shape index (κ3) is 3.68. The molecular formula is C21H34N4O. The molecule has 3 aliphatic rings. The Labute approximate surface area is 157 Å². The second kappa shape index (κ2) is 7.71. The van der Waals surface area contributed by atoms with E-state index in [0.29, 0.717) is 17.4 Å². The number of carbonyl (C=O) groups excluding carboxylic acids is 1. The smallest absolute Gasteiger partial charge is 0.222 e. The zero-order valence-corrected chi connectivity index (χ0v) is 16.3. The van der Waals surface area contributed by atoms with Crippen molar-refractivity contribution in [2.45, 2.75) is 76.8 Å². The van der Waals surface area contributed by atoms with E-state index in [9.17, 15) is 4.79 Å². The van der Waals surface area contributed by atoms with Crippen LogP contribution in [0.15, 0.2) is 18.5 Å². The first-order valence-electron chi connectivity index (χ1n) is 10.7. The summed E-state index contributed by atoms with van der Waals surface area (Å²) in [7, 11) is 0. The zero-order chi connectivity index (χ0) is 18.0. The Bertz CT molecular complexity index is 575. The van der Waals surface area contributed by atoms with Crippen molar-refractivity contribution < 1.29 is 4.79 Å². The van der Waals surface area contributed by atoms with Crippen LogP contribution in [-0.2, 0) is 4.79 Å². The number of unbranched alkanes of at least 4 members (excludes halogenated alkanes) is 1. The number of piperidine rings is 1. The molecule has 1 aliphatic carbocycles. The lowest BCUT2D eigenvalue weighted by Crippen LogP contribution is -2.55. The van der Waals surface area contributed by atoms with Crippen molar-refractivity contribution in [2.75, 3.05) is 26.2 Å². The molecule has 1 aromatic heterocycles. The number of hydrogen-bond donors (Lipinski definition) is 0. The highest BCUT2D eigenvalue weighted by molar-refractivity contribution is 5.76. The highest BCUT2D eigenvalue weighted by Gasteiger charge is 2.42. The summed E-state index contributed by atoms with van der Waals surface area (Å²) >= 11 is 0. The van der Waals surface area contributed by atoms with E-state index in [4.69, 9.17) is 0 Å². The molecule has 0 atom stereocenters. The molecule has 3 heterocycles.